The van der Waals surface area contributed by atoms with Crippen molar-refractivity contribution in [2.24, 2.45) is 16.8 Å². The van der Waals surface area contributed by atoms with Crippen LogP contribution in [0.25, 0.3) is 0 Å². The fourth-order valence-electron chi connectivity index (χ4n) is 2.18. The number of nitrogens with two attached hydrogens (primary N) is 1. The van der Waals surface area contributed by atoms with E-state index in [1.807, 2.05) is 6.92 Å². The molecule has 0 heterocycles. The van der Waals surface area contributed by atoms with Gasteiger partial charge in [-0.05, 0) is 26.2 Å². The molecule has 0 aromatic rings. The van der Waals surface area contributed by atoms with E-state index in [2.05, 4.69) is 10.5 Å². The maximum Gasteiger partial charge on any atom is 0.223 e. The molecule has 98 valence electrons. The molecule has 1 amide bonds. The number of nitrogens with zero attached hydrogens (tertiary/aromatic N) is 1. The molecule has 4 N–H and O–H groups in total. The Bertz CT molecular complexity index is 298. The molecule has 1 saturated carbocycles. The molecule has 0 saturated heterocycles. The third-order valence-electron chi connectivity index (χ3n) is 3.76. The third kappa shape index (κ3) is 3.35. The minimum absolute atomic E-state index is 0.0284. The summed E-state index contributed by atoms with van der Waals surface area (Å²) in [7, 11) is 0. The summed E-state index contributed by atoms with van der Waals surface area (Å²) in [6, 6.07) is 0. The topological polar surface area (TPSA) is 87.7 Å². The maximum absolute atomic E-state index is 12.1. The summed E-state index contributed by atoms with van der Waals surface area (Å²) in [6.45, 7) is 3.68. The Morgan fingerprint density at radius 2 is 2.06 bits per heavy atom. The molecule has 5 nitrogen and oxygen atoms in total. The lowest BCUT2D eigenvalue weighted by Gasteiger charge is -2.31. The van der Waals surface area contributed by atoms with E-state index in [1.165, 1.54) is 6.42 Å². The van der Waals surface area contributed by atoms with Gasteiger partial charge in [-0.1, -0.05) is 31.3 Å². The van der Waals surface area contributed by atoms with Crippen LogP contribution in [-0.2, 0) is 4.79 Å². The molecule has 1 aliphatic carbocycles. The van der Waals surface area contributed by atoms with Crippen molar-refractivity contribution in [2.75, 3.05) is 0 Å². The van der Waals surface area contributed by atoms with E-state index in [9.17, 15) is 4.79 Å². The second-order valence-corrected chi connectivity index (χ2v) is 5.00. The first-order valence-electron chi connectivity index (χ1n) is 6.33. The zero-order chi connectivity index (χ0) is 12.9. The maximum atomic E-state index is 12.1. The molecule has 1 aliphatic rings. The summed E-state index contributed by atoms with van der Waals surface area (Å²) >= 11 is 0. The Labute approximate surface area is 102 Å². The fourth-order valence-corrected chi connectivity index (χ4v) is 2.18. The molecule has 1 unspecified atom stereocenters. The number of carbonyl (C=O) groups is 1. The van der Waals surface area contributed by atoms with Crippen molar-refractivity contribution in [3.05, 3.63) is 0 Å². The number of oxime groups is 1. The van der Waals surface area contributed by atoms with Crippen molar-refractivity contribution in [1.82, 2.24) is 5.32 Å². The van der Waals surface area contributed by atoms with Gasteiger partial charge in [0.1, 0.15) is 0 Å². The lowest BCUT2D eigenvalue weighted by molar-refractivity contribution is -0.127. The van der Waals surface area contributed by atoms with Crippen LogP contribution in [0.15, 0.2) is 5.16 Å². The summed E-state index contributed by atoms with van der Waals surface area (Å²) in [5, 5.41) is 14.7. The predicted octanol–water partition coefficient (Wildman–Crippen LogP) is 1.60. The molecular weight excluding hydrogens is 218 g/mol. The average molecular weight is 241 g/mol. The van der Waals surface area contributed by atoms with Crippen LogP contribution in [0, 0.1) is 5.92 Å². The second kappa shape index (κ2) is 5.89. The number of hydrogen-bond acceptors (Lipinski definition) is 3. The Kier molecular flexibility index (Phi) is 4.78. The van der Waals surface area contributed by atoms with Gasteiger partial charge in [0.2, 0.25) is 5.91 Å². The molecular formula is C12H23N3O2. The summed E-state index contributed by atoms with van der Waals surface area (Å²) in [6.07, 6.45) is 5.94. The summed E-state index contributed by atoms with van der Waals surface area (Å²) in [5.74, 6) is 0.172. The van der Waals surface area contributed by atoms with Crippen molar-refractivity contribution in [3.8, 4) is 0 Å². The highest BCUT2D eigenvalue weighted by molar-refractivity contribution is 5.93. The summed E-state index contributed by atoms with van der Waals surface area (Å²) in [5.41, 5.74) is 4.88. The largest absolute Gasteiger partial charge is 0.409 e. The van der Waals surface area contributed by atoms with Crippen LogP contribution in [0.2, 0.25) is 0 Å². The average Bonchev–Trinajstić information content (AvgIpc) is 2.38. The van der Waals surface area contributed by atoms with Gasteiger partial charge in [0.25, 0.3) is 0 Å². The summed E-state index contributed by atoms with van der Waals surface area (Å²) < 4.78 is 0. The lowest BCUT2D eigenvalue weighted by atomic mass is 9.87. The van der Waals surface area contributed by atoms with Gasteiger partial charge in [-0.25, -0.2) is 0 Å². The van der Waals surface area contributed by atoms with Crippen molar-refractivity contribution < 1.29 is 10.0 Å². The van der Waals surface area contributed by atoms with Gasteiger partial charge in [-0.2, -0.15) is 0 Å². The first kappa shape index (κ1) is 13.8. The SMILES string of the molecule is CCC(C)(NC(=O)C1CCCCC1)/C(N)=N/O. The van der Waals surface area contributed by atoms with Gasteiger partial charge in [-0.15, -0.1) is 0 Å². The zero-order valence-electron chi connectivity index (χ0n) is 10.7. The number of nitrogens with one attached hydrogen (secondary N) is 1. The number of amides is 1. The van der Waals surface area contributed by atoms with Gasteiger partial charge in [0.15, 0.2) is 5.84 Å². The van der Waals surface area contributed by atoms with Crippen LogP contribution in [0.3, 0.4) is 0 Å². The molecule has 0 radical (unpaired) electrons. The van der Waals surface area contributed by atoms with Crippen molar-refractivity contribution >= 4 is 11.7 Å². The smallest absolute Gasteiger partial charge is 0.223 e. The van der Waals surface area contributed by atoms with Crippen LogP contribution in [-0.4, -0.2) is 22.5 Å². The van der Waals surface area contributed by atoms with E-state index < -0.39 is 5.54 Å². The van der Waals surface area contributed by atoms with Crippen LogP contribution < -0.4 is 11.1 Å². The molecule has 0 aromatic carbocycles. The molecule has 1 fully saturated rings. The Balaban J connectivity index is 2.64. The first-order chi connectivity index (χ1) is 8.03. The standard InChI is InChI=1S/C12H23N3O2/c1-3-12(2,11(13)15-17)14-10(16)9-7-5-4-6-8-9/h9,17H,3-8H2,1-2H3,(H2,13,15)(H,14,16). The first-order valence-corrected chi connectivity index (χ1v) is 6.33. The monoisotopic (exact) mass is 241 g/mol. The molecule has 0 aromatic heterocycles. The van der Waals surface area contributed by atoms with Gasteiger partial charge < -0.3 is 16.3 Å². The van der Waals surface area contributed by atoms with E-state index >= 15 is 0 Å². The minimum Gasteiger partial charge on any atom is -0.409 e. The molecule has 17 heavy (non-hydrogen) atoms. The van der Waals surface area contributed by atoms with Gasteiger partial charge in [0.05, 0.1) is 5.54 Å². The van der Waals surface area contributed by atoms with Crippen LogP contribution >= 0.6 is 0 Å². The van der Waals surface area contributed by atoms with E-state index in [-0.39, 0.29) is 17.7 Å². The van der Waals surface area contributed by atoms with Crippen LogP contribution in [0.1, 0.15) is 52.4 Å². The fraction of sp³-hybridized carbons (Fsp3) is 0.833. The third-order valence-corrected chi connectivity index (χ3v) is 3.76. The molecule has 1 atom stereocenters. The van der Waals surface area contributed by atoms with Crippen molar-refractivity contribution in [2.45, 2.75) is 57.9 Å². The molecule has 0 spiro atoms. The summed E-state index contributed by atoms with van der Waals surface area (Å²) in [4.78, 5) is 12.1. The number of rotatable bonds is 4. The van der Waals surface area contributed by atoms with E-state index in [0.29, 0.717) is 6.42 Å². The zero-order valence-corrected chi connectivity index (χ0v) is 10.7. The van der Waals surface area contributed by atoms with E-state index in [0.717, 1.165) is 25.7 Å². The van der Waals surface area contributed by atoms with Crippen molar-refractivity contribution in [1.29, 1.82) is 0 Å². The van der Waals surface area contributed by atoms with E-state index in [4.69, 9.17) is 10.9 Å². The Morgan fingerprint density at radius 3 is 2.53 bits per heavy atom. The van der Waals surface area contributed by atoms with Crippen LogP contribution in [0.5, 0.6) is 0 Å². The number of carbonyl (C=O) groups excluding carboxylic acids is 1. The Hall–Kier alpha value is -1.26. The molecule has 1 rings (SSSR count). The number of hydrogen-bond donors (Lipinski definition) is 3. The van der Waals surface area contributed by atoms with Gasteiger partial charge in [-0.3, -0.25) is 4.79 Å². The number of amidine groups is 1. The molecule has 0 bridgehead atoms. The highest BCUT2D eigenvalue weighted by atomic mass is 16.4. The van der Waals surface area contributed by atoms with Crippen LogP contribution in [0.4, 0.5) is 0 Å². The predicted molar refractivity (Wildman–Crippen MR) is 66.8 cm³/mol. The normalized spacial score (nSPS) is 21.9. The lowest BCUT2D eigenvalue weighted by Crippen LogP contribution is -2.56. The highest BCUT2D eigenvalue weighted by Gasteiger charge is 2.32. The van der Waals surface area contributed by atoms with Gasteiger partial charge >= 0.3 is 0 Å². The Morgan fingerprint density at radius 1 is 1.47 bits per heavy atom. The van der Waals surface area contributed by atoms with Crippen molar-refractivity contribution in [3.63, 3.8) is 0 Å². The molecule has 5 heteroatoms. The highest BCUT2D eigenvalue weighted by Crippen LogP contribution is 2.24. The molecule has 0 aliphatic heterocycles. The quantitative estimate of drug-likeness (QED) is 0.302. The second-order valence-electron chi connectivity index (χ2n) is 5.00. The van der Waals surface area contributed by atoms with Gasteiger partial charge in [0, 0.05) is 5.92 Å². The van der Waals surface area contributed by atoms with E-state index in [1.54, 1.807) is 6.92 Å². The minimum atomic E-state index is -0.747.